The molecule has 4 N–H and O–H groups in total. The Balaban J connectivity index is 1.12. The van der Waals surface area contributed by atoms with E-state index in [1.807, 2.05) is 0 Å². The van der Waals surface area contributed by atoms with Gasteiger partial charge in [0.05, 0.1) is 29.1 Å². The zero-order chi connectivity index (χ0) is 60.7. The molecule has 1 heterocycles. The average Bonchev–Trinajstić information content (AvgIpc) is 1.42. The van der Waals surface area contributed by atoms with Crippen molar-refractivity contribution in [3.63, 3.8) is 0 Å². The van der Waals surface area contributed by atoms with Crippen LogP contribution < -0.4 is 5.32 Å². The summed E-state index contributed by atoms with van der Waals surface area (Å²) >= 11 is 0. The number of carbonyl (C=O) groups excluding carboxylic acids is 7. The lowest BCUT2D eigenvalue weighted by Gasteiger charge is -2.67. The number of ether oxygens (including phenoxy) is 6. The number of amides is 1. The number of aliphatic hydroxyl groups is 2. The molecule has 3 aromatic rings. The van der Waals surface area contributed by atoms with Crippen molar-refractivity contribution in [2.24, 2.45) is 16.2 Å². The first-order chi connectivity index (χ1) is 40.0. The molecule has 84 heavy (non-hydrogen) atoms. The van der Waals surface area contributed by atoms with E-state index in [-0.39, 0.29) is 54.6 Å². The van der Waals surface area contributed by atoms with Crippen LogP contribution in [0, 0.1) is 16.2 Å². The van der Waals surface area contributed by atoms with Crippen LogP contribution in [-0.2, 0) is 57.2 Å². The number of unbranched alkanes of at least 4 members (excludes halogenated alkanes) is 10. The minimum Gasteiger partial charge on any atom is -0.481 e. The number of ketones is 1. The Hall–Kier alpha value is -7.02. The summed E-state index contributed by atoms with van der Waals surface area (Å²) in [5, 5.41) is 38.5. The fourth-order valence-corrected chi connectivity index (χ4v) is 14.3. The number of carbonyl (C=O) groups is 8. The maximum atomic E-state index is 16.1. The van der Waals surface area contributed by atoms with Crippen LogP contribution in [0.2, 0.25) is 0 Å². The van der Waals surface area contributed by atoms with E-state index in [0.29, 0.717) is 24.8 Å². The zero-order valence-corrected chi connectivity index (χ0v) is 49.1. The third-order valence-electron chi connectivity index (χ3n) is 18.7. The summed E-state index contributed by atoms with van der Waals surface area (Å²) in [7, 11) is 0. The molecular weight excluding hydrogens is 1080 g/mol. The predicted octanol–water partition coefficient (Wildman–Crippen LogP) is 9.53. The van der Waals surface area contributed by atoms with Gasteiger partial charge in [-0.3, -0.25) is 28.8 Å². The monoisotopic (exact) mass is 1160 g/mol. The molecule has 2 bridgehead atoms. The first-order valence-corrected chi connectivity index (χ1v) is 29.6. The molecule has 1 aliphatic heterocycles. The molecule has 18 heteroatoms. The highest BCUT2D eigenvalue weighted by molar-refractivity contribution is 5.98. The number of allylic oxidation sites excluding steroid dienone is 2. The maximum absolute atomic E-state index is 16.1. The van der Waals surface area contributed by atoms with Gasteiger partial charge in [0.2, 0.25) is 6.10 Å². The Morgan fingerprint density at radius 3 is 1.85 bits per heavy atom. The number of Topliss-reactive ketones (excluding diaryl/α,β-unsaturated/α-hetero) is 1. The molecule has 3 aromatic carbocycles. The van der Waals surface area contributed by atoms with E-state index >= 15 is 9.59 Å². The molecule has 1 saturated heterocycles. The first-order valence-electron chi connectivity index (χ1n) is 29.6. The van der Waals surface area contributed by atoms with Gasteiger partial charge in [0.15, 0.2) is 23.1 Å². The summed E-state index contributed by atoms with van der Waals surface area (Å²) in [5.74, 6) is -6.73. The highest BCUT2D eigenvalue weighted by atomic mass is 16.6. The molecular formula is C66H81NO17. The van der Waals surface area contributed by atoms with Gasteiger partial charge in [-0.2, -0.15) is 0 Å². The van der Waals surface area contributed by atoms with Crippen LogP contribution >= 0.6 is 0 Å². The van der Waals surface area contributed by atoms with Crippen molar-refractivity contribution in [3.8, 4) is 0 Å². The van der Waals surface area contributed by atoms with Gasteiger partial charge >= 0.3 is 35.8 Å². The van der Waals surface area contributed by atoms with Gasteiger partial charge < -0.3 is 49.1 Å². The molecule has 4 aliphatic carbocycles. The summed E-state index contributed by atoms with van der Waals surface area (Å²) in [4.78, 5) is 112. The number of aliphatic carboxylic acids is 1. The van der Waals surface area contributed by atoms with Crippen LogP contribution in [0.5, 0.6) is 0 Å². The number of fused-ring (bicyclic) bond motifs is 4. The SMILES string of the molecule is CC(=O)O[C@H]1C(=O)[C@]2(C)[C@@H](O)C[C@H]3OC[C@@]3(OC(C)=O)[C@]23C[C@@]3(OC(=O)c2ccccc2)[C@]2(O)C[C@H](OC(=O)[C@H](OC(=O)CCCCCCC/C=C/CCCCCCCC(=O)O)[C@@H](NC(=O)c3ccccc3)c3ccccc3)C(C)=C1C2(C)C. The molecule has 0 radical (unpaired) electrons. The molecule has 18 nitrogen and oxygen atoms in total. The number of carboxylic acids is 1. The summed E-state index contributed by atoms with van der Waals surface area (Å²) in [6, 6.07) is 23.3. The van der Waals surface area contributed by atoms with Gasteiger partial charge in [-0.15, -0.1) is 0 Å². The molecule has 3 saturated carbocycles. The highest BCUT2D eigenvalue weighted by Gasteiger charge is 2.99. The Labute approximate surface area is 491 Å². The largest absolute Gasteiger partial charge is 0.481 e. The number of rotatable bonds is 27. The van der Waals surface area contributed by atoms with Crippen molar-refractivity contribution in [2.75, 3.05) is 6.61 Å². The topological polar surface area (TPSA) is 265 Å². The number of carboxylic acid groups (broad SMARTS) is 1. The number of benzene rings is 3. The third-order valence-corrected chi connectivity index (χ3v) is 18.7. The number of hydrogen-bond acceptors (Lipinski definition) is 16. The van der Waals surface area contributed by atoms with E-state index in [2.05, 4.69) is 17.5 Å². The predicted molar refractivity (Wildman–Crippen MR) is 305 cm³/mol. The van der Waals surface area contributed by atoms with E-state index < -0.39 is 124 Å². The van der Waals surface area contributed by atoms with Crippen molar-refractivity contribution < 1.29 is 82.1 Å². The standard InChI is InChI=1S/C66H81NO17/c1-42-48(81-60(77)56(54(45-30-22-19-23-31-45)67-58(75)46-32-24-20-25-33-46)82-52(73)37-29-18-16-14-12-10-8-7-9-11-13-15-17-28-36-51(71)72)39-65(78)61(4,5)53(42)55(80-43(2)68)57(74)62(6)49(70)38-50-63(41-79-50,83-44(3)69)64(62)40-66(64,65)84-59(76)47-34-26-21-27-35-47/h7-8,19-27,30-35,48-50,54-56,70,78H,9-18,28-29,36-41H2,1-6H3,(H,67,75)(H,71,72)/b8-7+/t48-,49-,50+,54-,55+,56+,62-,63-,64-,65-,66-/m0/s1. The van der Waals surface area contributed by atoms with Gasteiger partial charge in [-0.25, -0.2) is 9.59 Å². The summed E-state index contributed by atoms with van der Waals surface area (Å²) in [6.07, 6.45) is 5.88. The normalized spacial score (nSPS) is 28.7. The van der Waals surface area contributed by atoms with E-state index in [4.69, 9.17) is 33.5 Å². The molecule has 1 spiro atoms. The second-order valence-corrected chi connectivity index (χ2v) is 24.1. The van der Waals surface area contributed by atoms with Gasteiger partial charge in [-0.1, -0.05) is 131 Å². The van der Waals surface area contributed by atoms with Crippen LogP contribution in [0.15, 0.2) is 114 Å². The first kappa shape index (κ1) is 63.0. The molecule has 8 rings (SSSR count). The molecule has 0 aromatic heterocycles. The van der Waals surface area contributed by atoms with Crippen LogP contribution in [0.25, 0.3) is 0 Å². The molecule has 4 fully saturated rings. The minimum atomic E-state index is -2.45. The van der Waals surface area contributed by atoms with Crippen molar-refractivity contribution in [1.29, 1.82) is 0 Å². The zero-order valence-electron chi connectivity index (χ0n) is 49.1. The minimum absolute atomic E-state index is 0.00770. The summed E-state index contributed by atoms with van der Waals surface area (Å²) in [5.41, 5.74) is -11.5. The summed E-state index contributed by atoms with van der Waals surface area (Å²) < 4.78 is 37.9. The van der Waals surface area contributed by atoms with Crippen molar-refractivity contribution in [1.82, 2.24) is 5.32 Å². The van der Waals surface area contributed by atoms with Crippen LogP contribution in [0.1, 0.15) is 183 Å². The van der Waals surface area contributed by atoms with E-state index in [0.717, 1.165) is 64.7 Å². The average molecular weight is 1160 g/mol. The third kappa shape index (κ3) is 11.9. The van der Waals surface area contributed by atoms with Gasteiger partial charge in [0.1, 0.15) is 23.9 Å². The van der Waals surface area contributed by atoms with E-state index in [1.165, 1.54) is 26.0 Å². The second kappa shape index (κ2) is 26.1. The molecule has 1 amide bonds. The van der Waals surface area contributed by atoms with Crippen LogP contribution in [0.4, 0.5) is 0 Å². The Morgan fingerprint density at radius 2 is 1.29 bits per heavy atom. The van der Waals surface area contributed by atoms with Gasteiger partial charge in [0, 0.05) is 56.9 Å². The Kier molecular flexibility index (Phi) is 19.6. The van der Waals surface area contributed by atoms with Gasteiger partial charge in [-0.05, 0) is 93.3 Å². The Morgan fingerprint density at radius 1 is 0.726 bits per heavy atom. The van der Waals surface area contributed by atoms with Crippen LogP contribution in [-0.4, -0.2) is 117 Å². The molecule has 0 unspecified atom stereocenters. The summed E-state index contributed by atoms with van der Waals surface area (Å²) in [6.45, 7) is 8.15. The number of esters is 5. The quantitative estimate of drug-likeness (QED) is 0.0239. The smallest absolute Gasteiger partial charge is 0.350 e. The van der Waals surface area contributed by atoms with Crippen molar-refractivity contribution >= 4 is 47.5 Å². The molecule has 11 atom stereocenters. The highest BCUT2D eigenvalue weighted by Crippen LogP contribution is 2.85. The van der Waals surface area contributed by atoms with Crippen molar-refractivity contribution in [2.45, 2.75) is 204 Å². The fourth-order valence-electron chi connectivity index (χ4n) is 14.3. The van der Waals surface area contributed by atoms with Gasteiger partial charge in [0.25, 0.3) is 5.91 Å². The van der Waals surface area contributed by atoms with E-state index in [1.54, 1.807) is 99.6 Å². The fraction of sp³-hybridized carbons (Fsp3) is 0.545. The van der Waals surface area contributed by atoms with E-state index in [9.17, 15) is 39.0 Å². The lowest BCUT2D eigenvalue weighted by Crippen LogP contribution is -2.82. The number of nitrogens with one attached hydrogen (secondary N) is 1. The molecule has 5 aliphatic rings. The van der Waals surface area contributed by atoms with Crippen LogP contribution in [0.3, 0.4) is 0 Å². The maximum Gasteiger partial charge on any atom is 0.350 e. The number of aliphatic hydroxyl groups excluding tert-OH is 1. The molecule has 452 valence electrons. The van der Waals surface area contributed by atoms with Crippen molar-refractivity contribution in [3.05, 3.63) is 131 Å². The second-order valence-electron chi connectivity index (χ2n) is 24.1. The lowest BCUT2D eigenvalue weighted by molar-refractivity contribution is -0.349. The Bertz CT molecular complexity index is 2980. The number of hydrogen-bond donors (Lipinski definition) is 4. The lowest BCUT2D eigenvalue weighted by atomic mass is 9.44.